The number of methoxy groups -OCH3 is 1. The van der Waals surface area contributed by atoms with Crippen molar-refractivity contribution in [2.75, 3.05) is 13.7 Å². The minimum absolute atomic E-state index is 0.0712. The molecule has 1 aliphatic rings. The van der Waals surface area contributed by atoms with Gasteiger partial charge >= 0.3 is 5.97 Å². The first kappa shape index (κ1) is 34.5. The second-order valence-corrected chi connectivity index (χ2v) is 14.5. The summed E-state index contributed by atoms with van der Waals surface area (Å²) in [6.07, 6.45) is 1.75. The summed E-state index contributed by atoms with van der Waals surface area (Å²) in [5.41, 5.74) is 2.81. The normalized spacial score (nSPS) is 14.6. The third-order valence-electron chi connectivity index (χ3n) is 6.98. The van der Waals surface area contributed by atoms with E-state index in [-0.39, 0.29) is 23.8 Å². The van der Waals surface area contributed by atoms with Crippen LogP contribution >= 0.6 is 68.1 Å². The Hall–Kier alpha value is -2.88. The number of carbonyl (C=O) groups is 1. The van der Waals surface area contributed by atoms with Gasteiger partial charge in [0.25, 0.3) is 5.56 Å². The Morgan fingerprint density at radius 1 is 1.13 bits per heavy atom. The van der Waals surface area contributed by atoms with Gasteiger partial charge in [-0.2, -0.15) is 0 Å². The van der Waals surface area contributed by atoms with Crippen LogP contribution in [0.1, 0.15) is 50.4 Å². The van der Waals surface area contributed by atoms with Gasteiger partial charge in [0.1, 0.15) is 12.4 Å². The zero-order valence-corrected chi connectivity index (χ0v) is 31.6. The van der Waals surface area contributed by atoms with Gasteiger partial charge in [-0.25, -0.2) is 9.79 Å². The van der Waals surface area contributed by atoms with Gasteiger partial charge in [-0.15, -0.1) is 0 Å². The summed E-state index contributed by atoms with van der Waals surface area (Å²) in [6.45, 7) is 7.85. The van der Waals surface area contributed by atoms with Crippen LogP contribution in [0.15, 0.2) is 75.7 Å². The van der Waals surface area contributed by atoms with Crippen LogP contribution < -0.4 is 29.1 Å². The first-order valence-corrected chi connectivity index (χ1v) is 17.8. The highest BCUT2D eigenvalue weighted by molar-refractivity contribution is 14.1. The average molecular weight is 885 g/mol. The molecular formula is C34H31ClI2N2O6S. The molecule has 240 valence electrons. The van der Waals surface area contributed by atoms with E-state index in [1.807, 2.05) is 62.4 Å². The van der Waals surface area contributed by atoms with Crippen LogP contribution in [0.3, 0.4) is 0 Å². The summed E-state index contributed by atoms with van der Waals surface area (Å²) in [5, 5.41) is 0.631. The zero-order valence-electron chi connectivity index (χ0n) is 25.7. The first-order chi connectivity index (χ1) is 22.0. The number of allylic oxidation sites excluding steroid dienone is 1. The molecule has 0 fully saturated rings. The third kappa shape index (κ3) is 7.47. The molecule has 8 nitrogen and oxygen atoms in total. The largest absolute Gasteiger partial charge is 0.493 e. The van der Waals surface area contributed by atoms with Crippen LogP contribution in [-0.4, -0.2) is 30.4 Å². The third-order valence-corrected chi connectivity index (χ3v) is 9.62. The molecule has 1 aliphatic heterocycles. The predicted octanol–water partition coefficient (Wildman–Crippen LogP) is 7.04. The van der Waals surface area contributed by atoms with Crippen molar-refractivity contribution in [3.63, 3.8) is 0 Å². The highest BCUT2D eigenvalue weighted by atomic mass is 127. The first-order valence-electron chi connectivity index (χ1n) is 14.4. The molecule has 2 heterocycles. The quantitative estimate of drug-likeness (QED) is 0.126. The number of esters is 1. The number of halogens is 3. The summed E-state index contributed by atoms with van der Waals surface area (Å²) < 4.78 is 27.2. The van der Waals surface area contributed by atoms with E-state index >= 15 is 0 Å². The van der Waals surface area contributed by atoms with Gasteiger partial charge in [-0.05, 0) is 126 Å². The fourth-order valence-corrected chi connectivity index (χ4v) is 8.37. The summed E-state index contributed by atoms with van der Waals surface area (Å²) in [4.78, 5) is 32.8. The zero-order chi connectivity index (χ0) is 33.1. The molecule has 0 N–H and O–H groups in total. The average Bonchev–Trinajstić information content (AvgIpc) is 3.29. The Morgan fingerprint density at radius 3 is 2.61 bits per heavy atom. The maximum atomic E-state index is 14.3. The second kappa shape index (κ2) is 14.9. The van der Waals surface area contributed by atoms with Crippen LogP contribution in [0.2, 0.25) is 5.02 Å². The highest BCUT2D eigenvalue weighted by Gasteiger charge is 2.34. The number of ether oxygens (including phenoxy) is 4. The van der Waals surface area contributed by atoms with E-state index in [1.165, 1.54) is 11.3 Å². The number of hydrogen-bond donors (Lipinski definition) is 0. The van der Waals surface area contributed by atoms with Crippen LogP contribution in [-0.2, 0) is 16.1 Å². The summed E-state index contributed by atoms with van der Waals surface area (Å²) in [5.74, 6) is 1.16. The second-order valence-electron chi connectivity index (χ2n) is 10.6. The predicted molar refractivity (Wildman–Crippen MR) is 197 cm³/mol. The van der Waals surface area contributed by atoms with Crippen molar-refractivity contribution < 1.29 is 23.7 Å². The smallest absolute Gasteiger partial charge is 0.338 e. The van der Waals surface area contributed by atoms with E-state index in [0.717, 1.165) is 18.3 Å². The molecule has 0 unspecified atom stereocenters. The molecule has 0 amide bonds. The van der Waals surface area contributed by atoms with Crippen LogP contribution in [0.25, 0.3) is 6.08 Å². The minimum atomic E-state index is -0.797. The fraction of sp³-hybridized carbons (Fsp3) is 0.265. The van der Waals surface area contributed by atoms with E-state index in [4.69, 9.17) is 35.5 Å². The molecule has 0 spiro atoms. The van der Waals surface area contributed by atoms with E-state index < -0.39 is 12.0 Å². The molecule has 46 heavy (non-hydrogen) atoms. The molecule has 3 aromatic carbocycles. The van der Waals surface area contributed by atoms with Gasteiger partial charge in [0, 0.05) is 14.2 Å². The van der Waals surface area contributed by atoms with Crippen LogP contribution in [0.4, 0.5) is 0 Å². The molecule has 1 aromatic heterocycles. The molecule has 5 rings (SSSR count). The lowest BCUT2D eigenvalue weighted by Crippen LogP contribution is -2.40. The molecule has 1 atom stereocenters. The Balaban J connectivity index is 1.66. The van der Waals surface area contributed by atoms with E-state index in [9.17, 15) is 9.59 Å². The number of rotatable bonds is 10. The SMILES string of the molecule is CCOC(=O)C1=C(C)N=c2s/c(=C/c3cc(I)cc(I)c3OCc3cccc(Cl)c3)c(=O)n2[C@H]1c1ccc(OC(C)C)c(OC)c1. The fourth-order valence-electron chi connectivity index (χ4n) is 5.08. The lowest BCUT2D eigenvalue weighted by Gasteiger charge is -2.25. The van der Waals surface area contributed by atoms with Gasteiger partial charge < -0.3 is 18.9 Å². The number of aromatic nitrogens is 1. The monoisotopic (exact) mass is 884 g/mol. The molecular weight excluding hydrogens is 854 g/mol. The Labute approximate surface area is 303 Å². The van der Waals surface area contributed by atoms with Crippen molar-refractivity contribution in [3.05, 3.63) is 114 Å². The Bertz CT molecular complexity index is 2020. The molecule has 4 aromatic rings. The maximum Gasteiger partial charge on any atom is 0.338 e. The van der Waals surface area contributed by atoms with E-state index in [2.05, 4.69) is 45.2 Å². The number of fused-ring (bicyclic) bond motifs is 1. The van der Waals surface area contributed by atoms with Crippen molar-refractivity contribution in [3.8, 4) is 17.2 Å². The molecule has 0 saturated heterocycles. The number of hydrogen-bond acceptors (Lipinski definition) is 8. The molecule has 0 radical (unpaired) electrons. The Morgan fingerprint density at radius 2 is 1.91 bits per heavy atom. The number of carbonyl (C=O) groups excluding carboxylic acids is 1. The summed E-state index contributed by atoms with van der Waals surface area (Å²) >= 11 is 11.9. The van der Waals surface area contributed by atoms with Gasteiger partial charge in [0.05, 0.1) is 45.2 Å². The lowest BCUT2D eigenvalue weighted by molar-refractivity contribution is -0.139. The van der Waals surface area contributed by atoms with Crippen LogP contribution in [0.5, 0.6) is 17.2 Å². The van der Waals surface area contributed by atoms with Crippen molar-refractivity contribution in [2.45, 2.75) is 46.4 Å². The number of thiazole rings is 1. The number of benzene rings is 3. The molecule has 12 heteroatoms. The van der Waals surface area contributed by atoms with Gasteiger partial charge in [-0.1, -0.05) is 41.1 Å². The Kier molecular flexibility index (Phi) is 11.2. The molecule has 0 bridgehead atoms. The molecule has 0 aliphatic carbocycles. The topological polar surface area (TPSA) is 88.4 Å². The van der Waals surface area contributed by atoms with Crippen molar-refractivity contribution in [1.29, 1.82) is 0 Å². The van der Waals surface area contributed by atoms with Gasteiger partial charge in [-0.3, -0.25) is 9.36 Å². The van der Waals surface area contributed by atoms with Crippen molar-refractivity contribution in [2.24, 2.45) is 4.99 Å². The maximum absolute atomic E-state index is 14.3. The molecule has 0 saturated carbocycles. The van der Waals surface area contributed by atoms with Crippen molar-refractivity contribution >= 4 is 80.2 Å². The highest BCUT2D eigenvalue weighted by Crippen LogP contribution is 2.37. The summed E-state index contributed by atoms with van der Waals surface area (Å²) in [7, 11) is 1.56. The van der Waals surface area contributed by atoms with Gasteiger partial charge in [0.2, 0.25) is 0 Å². The minimum Gasteiger partial charge on any atom is -0.493 e. The number of nitrogens with zero attached hydrogens (tertiary/aromatic N) is 2. The van der Waals surface area contributed by atoms with E-state index in [1.54, 1.807) is 37.7 Å². The standard InChI is InChI=1S/C34H31ClI2N2O6S/c1-6-43-33(41)29-19(4)38-34-39(30(29)21-10-11-26(45-18(2)3)27(14-21)42-5)32(40)28(46-34)15-22-13-24(36)16-25(37)31(22)44-17-20-8-7-9-23(35)12-20/h7-16,18,30H,6,17H2,1-5H3/b28-15+/t30-/m0/s1. The van der Waals surface area contributed by atoms with Gasteiger partial charge in [0.15, 0.2) is 16.3 Å². The summed E-state index contributed by atoms with van der Waals surface area (Å²) in [6, 6.07) is 16.1. The van der Waals surface area contributed by atoms with Crippen LogP contribution in [0, 0.1) is 7.14 Å². The lowest BCUT2D eigenvalue weighted by atomic mass is 9.95. The van der Waals surface area contributed by atoms with E-state index in [0.29, 0.717) is 49.5 Å². The van der Waals surface area contributed by atoms with Crippen molar-refractivity contribution in [1.82, 2.24) is 4.57 Å².